The fourth-order valence-corrected chi connectivity index (χ4v) is 4.51. The number of thioether (sulfide) groups is 1. The van der Waals surface area contributed by atoms with Gasteiger partial charge in [0.05, 0.1) is 11.7 Å². The Labute approximate surface area is 140 Å². The lowest BCUT2D eigenvalue weighted by Gasteiger charge is -2.21. The predicted octanol–water partition coefficient (Wildman–Crippen LogP) is 2.54. The van der Waals surface area contributed by atoms with Crippen LogP contribution in [0, 0.1) is 0 Å². The van der Waals surface area contributed by atoms with E-state index < -0.39 is 0 Å². The minimum absolute atomic E-state index is 0.0428. The predicted molar refractivity (Wildman–Crippen MR) is 88.8 cm³/mol. The smallest absolute Gasteiger partial charge is 0.258 e. The Morgan fingerprint density at radius 1 is 1.30 bits per heavy atom. The van der Waals surface area contributed by atoms with Crippen LogP contribution >= 0.6 is 23.1 Å². The van der Waals surface area contributed by atoms with Gasteiger partial charge >= 0.3 is 0 Å². The highest BCUT2D eigenvalue weighted by atomic mass is 32.2. The maximum atomic E-state index is 12.0. The molecule has 0 aliphatic heterocycles. The van der Waals surface area contributed by atoms with Crippen LogP contribution in [0.5, 0.6) is 0 Å². The monoisotopic (exact) mass is 348 g/mol. The van der Waals surface area contributed by atoms with Crippen LogP contribution in [-0.2, 0) is 5.75 Å². The highest BCUT2D eigenvalue weighted by molar-refractivity contribution is 7.98. The van der Waals surface area contributed by atoms with Crippen molar-refractivity contribution in [2.75, 3.05) is 0 Å². The molecule has 0 spiro atoms. The number of hydrogen-bond acceptors (Lipinski definition) is 7. The van der Waals surface area contributed by atoms with Gasteiger partial charge in [0.15, 0.2) is 4.96 Å². The molecule has 9 heteroatoms. The average Bonchev–Trinajstić information content (AvgIpc) is 3.23. The van der Waals surface area contributed by atoms with E-state index in [1.165, 1.54) is 30.6 Å². The molecule has 0 N–H and O–H groups in total. The van der Waals surface area contributed by atoms with E-state index >= 15 is 0 Å². The standard InChI is InChI=1S/C14H16N6OS2/c21-12-8-10(15-13-19(12)6-7-22-13)9-23-14-16-17-18-20(14)11-4-2-1-3-5-11/h6-8,11H,1-5,9H2. The fraction of sp³-hybridized carbons (Fsp3) is 0.500. The average molecular weight is 348 g/mol. The van der Waals surface area contributed by atoms with Gasteiger partial charge in [0.2, 0.25) is 5.16 Å². The lowest BCUT2D eigenvalue weighted by atomic mass is 9.96. The molecule has 3 aromatic heterocycles. The van der Waals surface area contributed by atoms with Gasteiger partial charge in [0.1, 0.15) is 0 Å². The summed E-state index contributed by atoms with van der Waals surface area (Å²) in [6.07, 6.45) is 7.80. The van der Waals surface area contributed by atoms with Crippen molar-refractivity contribution in [3.63, 3.8) is 0 Å². The second-order valence-corrected chi connectivity index (χ2v) is 7.44. The molecule has 0 atom stereocenters. The van der Waals surface area contributed by atoms with E-state index in [0.717, 1.165) is 28.7 Å². The van der Waals surface area contributed by atoms with Crippen LogP contribution in [0.2, 0.25) is 0 Å². The Bertz CT molecular complexity index is 863. The summed E-state index contributed by atoms with van der Waals surface area (Å²) in [5.41, 5.74) is 0.722. The van der Waals surface area contributed by atoms with Crippen LogP contribution in [0.1, 0.15) is 43.8 Å². The number of thiazole rings is 1. The highest BCUT2D eigenvalue weighted by Crippen LogP contribution is 2.30. The van der Waals surface area contributed by atoms with Crippen LogP contribution in [0.25, 0.3) is 4.96 Å². The second kappa shape index (κ2) is 6.40. The zero-order valence-corrected chi connectivity index (χ0v) is 14.1. The third-order valence-electron chi connectivity index (χ3n) is 4.09. The number of fused-ring (bicyclic) bond motifs is 1. The molecule has 7 nitrogen and oxygen atoms in total. The highest BCUT2D eigenvalue weighted by Gasteiger charge is 2.20. The molecule has 3 heterocycles. The number of hydrogen-bond donors (Lipinski definition) is 0. The minimum atomic E-state index is -0.0428. The van der Waals surface area contributed by atoms with Crippen molar-refractivity contribution >= 4 is 28.1 Å². The van der Waals surface area contributed by atoms with Gasteiger partial charge in [-0.3, -0.25) is 9.20 Å². The molecule has 1 aliphatic carbocycles. The molecule has 1 saturated carbocycles. The summed E-state index contributed by atoms with van der Waals surface area (Å²) in [5.74, 6) is 0.594. The van der Waals surface area contributed by atoms with E-state index in [4.69, 9.17) is 0 Å². The normalized spacial score (nSPS) is 16.2. The van der Waals surface area contributed by atoms with Crippen molar-refractivity contribution in [2.24, 2.45) is 0 Å². The molecular formula is C14H16N6OS2. The second-order valence-electron chi connectivity index (χ2n) is 5.63. The molecule has 1 aliphatic rings. The van der Waals surface area contributed by atoms with Crippen LogP contribution < -0.4 is 5.56 Å². The summed E-state index contributed by atoms with van der Waals surface area (Å²) in [5, 5.41) is 14.8. The van der Waals surface area contributed by atoms with Crippen LogP contribution in [0.15, 0.2) is 27.6 Å². The number of rotatable bonds is 4. The first-order valence-corrected chi connectivity index (χ1v) is 9.54. The molecule has 3 aromatic rings. The van der Waals surface area contributed by atoms with Gasteiger partial charge in [-0.15, -0.1) is 16.4 Å². The summed E-state index contributed by atoms with van der Waals surface area (Å²) in [6.45, 7) is 0. The zero-order valence-electron chi connectivity index (χ0n) is 12.5. The van der Waals surface area contributed by atoms with E-state index in [9.17, 15) is 4.79 Å². The van der Waals surface area contributed by atoms with Crippen molar-refractivity contribution in [1.82, 2.24) is 29.6 Å². The van der Waals surface area contributed by atoms with Gasteiger partial charge in [-0.05, 0) is 23.3 Å². The summed E-state index contributed by atoms with van der Waals surface area (Å²) in [4.78, 5) is 17.3. The molecule has 120 valence electrons. The molecule has 0 amide bonds. The van der Waals surface area contributed by atoms with Crippen molar-refractivity contribution in [3.05, 3.63) is 33.7 Å². The quantitative estimate of drug-likeness (QED) is 0.674. The first kappa shape index (κ1) is 14.8. The zero-order chi connectivity index (χ0) is 15.6. The van der Waals surface area contributed by atoms with E-state index in [0.29, 0.717) is 11.8 Å². The van der Waals surface area contributed by atoms with Crippen molar-refractivity contribution < 1.29 is 0 Å². The summed E-state index contributed by atoms with van der Waals surface area (Å²) in [7, 11) is 0. The molecule has 0 radical (unpaired) electrons. The maximum Gasteiger partial charge on any atom is 0.258 e. The van der Waals surface area contributed by atoms with Crippen molar-refractivity contribution in [3.8, 4) is 0 Å². The molecule has 0 unspecified atom stereocenters. The summed E-state index contributed by atoms with van der Waals surface area (Å²) in [6, 6.07) is 1.99. The largest absolute Gasteiger partial charge is 0.269 e. The molecule has 0 saturated heterocycles. The SMILES string of the molecule is O=c1cc(CSc2nnnn2C2CCCCC2)nc2sccn12. The van der Waals surface area contributed by atoms with Gasteiger partial charge in [-0.1, -0.05) is 31.0 Å². The summed E-state index contributed by atoms with van der Waals surface area (Å²) >= 11 is 3.00. The van der Waals surface area contributed by atoms with E-state index in [2.05, 4.69) is 20.5 Å². The first-order chi connectivity index (χ1) is 11.3. The molecule has 4 rings (SSSR count). The Kier molecular flexibility index (Phi) is 4.13. The Morgan fingerprint density at radius 2 is 2.17 bits per heavy atom. The van der Waals surface area contributed by atoms with Crippen LogP contribution in [0.4, 0.5) is 0 Å². The van der Waals surface area contributed by atoms with Gasteiger partial charge < -0.3 is 0 Å². The fourth-order valence-electron chi connectivity index (χ4n) is 2.94. The third-order valence-corrected chi connectivity index (χ3v) is 5.81. The van der Waals surface area contributed by atoms with E-state index in [1.54, 1.807) is 28.4 Å². The van der Waals surface area contributed by atoms with Gasteiger partial charge in [0, 0.05) is 23.4 Å². The molecule has 0 bridgehead atoms. The van der Waals surface area contributed by atoms with Gasteiger partial charge in [0.25, 0.3) is 5.56 Å². The summed E-state index contributed by atoms with van der Waals surface area (Å²) < 4.78 is 3.51. The number of tetrazole rings is 1. The third kappa shape index (κ3) is 3.02. The maximum absolute atomic E-state index is 12.0. The van der Waals surface area contributed by atoms with E-state index in [1.807, 2.05) is 10.1 Å². The molecule has 1 fully saturated rings. The van der Waals surface area contributed by atoms with Gasteiger partial charge in [-0.25, -0.2) is 9.67 Å². The lowest BCUT2D eigenvalue weighted by molar-refractivity contribution is 0.307. The number of aromatic nitrogens is 6. The number of nitrogens with zero attached hydrogens (tertiary/aromatic N) is 6. The van der Waals surface area contributed by atoms with Crippen molar-refractivity contribution in [1.29, 1.82) is 0 Å². The topological polar surface area (TPSA) is 78.0 Å². The van der Waals surface area contributed by atoms with E-state index in [-0.39, 0.29) is 5.56 Å². The minimum Gasteiger partial charge on any atom is -0.269 e. The Balaban J connectivity index is 1.52. The molecule has 0 aromatic carbocycles. The molecule has 23 heavy (non-hydrogen) atoms. The Morgan fingerprint density at radius 3 is 3.04 bits per heavy atom. The first-order valence-electron chi connectivity index (χ1n) is 7.68. The lowest BCUT2D eigenvalue weighted by Crippen LogP contribution is -2.15. The van der Waals surface area contributed by atoms with Crippen molar-refractivity contribution in [2.45, 2.75) is 49.1 Å². The van der Waals surface area contributed by atoms with Gasteiger partial charge in [-0.2, -0.15) is 0 Å². The molecular weight excluding hydrogens is 332 g/mol. The Hall–Kier alpha value is -1.74. The van der Waals surface area contributed by atoms with Crippen LogP contribution in [-0.4, -0.2) is 29.6 Å². The van der Waals surface area contributed by atoms with Crippen LogP contribution in [0.3, 0.4) is 0 Å².